The quantitative estimate of drug-likeness (QED) is 0.656. The summed E-state index contributed by atoms with van der Waals surface area (Å²) < 4.78 is 0.852. The summed E-state index contributed by atoms with van der Waals surface area (Å²) in [6.45, 7) is 5.92. The summed E-state index contributed by atoms with van der Waals surface area (Å²) in [6.07, 6.45) is 0. The zero-order chi connectivity index (χ0) is 7.28. The van der Waals surface area contributed by atoms with E-state index in [4.69, 9.17) is 0 Å². The predicted molar refractivity (Wildman–Crippen MR) is 43.7 cm³/mol. The predicted octanol–water partition coefficient (Wildman–Crippen LogP) is 2.64. The zero-order valence-electron chi connectivity index (χ0n) is 5.68. The van der Waals surface area contributed by atoms with Crippen molar-refractivity contribution in [3.63, 3.8) is 0 Å². The van der Waals surface area contributed by atoms with Crippen LogP contribution in [-0.2, 0) is 0 Å². The highest BCUT2D eigenvalue weighted by Crippen LogP contribution is 2.13. The Balaban J connectivity index is 0.000000291. The first-order valence-electron chi connectivity index (χ1n) is 2.74. The molecule has 0 aliphatic carbocycles. The first-order valence-corrected chi connectivity index (χ1v) is 4.35. The lowest BCUT2D eigenvalue weighted by Gasteiger charge is -1.63. The number of rotatable bonds is 0. The van der Waals surface area contributed by atoms with Crippen LogP contribution < -0.4 is 0 Å². The molecule has 0 N–H and O–H groups in total. The minimum Gasteiger partial charge on any atom is -0.143 e. The molecule has 0 saturated heterocycles. The third-order valence-electron chi connectivity index (χ3n) is 0.501. The van der Waals surface area contributed by atoms with Crippen LogP contribution in [0.15, 0.2) is 3.92 Å². The second-order valence-electron chi connectivity index (χ2n) is 1.07. The zero-order valence-corrected chi connectivity index (χ0v) is 8.08. The van der Waals surface area contributed by atoms with E-state index in [0.29, 0.717) is 0 Å². The van der Waals surface area contributed by atoms with Gasteiger partial charge in [-0.2, -0.15) is 0 Å². The van der Waals surface area contributed by atoms with Crippen LogP contribution in [0.1, 0.15) is 18.9 Å². The number of aryl methyl sites for hydroxylation is 1. The van der Waals surface area contributed by atoms with Gasteiger partial charge in [-0.15, -0.1) is 10.2 Å². The van der Waals surface area contributed by atoms with Gasteiger partial charge in [0.05, 0.1) is 0 Å². The molecule has 1 rings (SSSR count). The van der Waals surface area contributed by atoms with Crippen molar-refractivity contribution in [3.8, 4) is 0 Å². The molecule has 0 spiro atoms. The molecule has 9 heavy (non-hydrogen) atoms. The second kappa shape index (κ2) is 4.88. The van der Waals surface area contributed by atoms with E-state index in [1.165, 1.54) is 11.3 Å². The number of halogens is 1. The summed E-state index contributed by atoms with van der Waals surface area (Å²) in [7, 11) is 0. The monoisotopic (exact) mass is 208 g/mol. The fourth-order valence-corrected chi connectivity index (χ4v) is 1.46. The first-order chi connectivity index (χ1) is 4.29. The Kier molecular flexibility index (Phi) is 4.90. The number of hydrogen-bond acceptors (Lipinski definition) is 3. The molecule has 0 radical (unpaired) electrons. The summed E-state index contributed by atoms with van der Waals surface area (Å²) in [4.78, 5) is 0. The van der Waals surface area contributed by atoms with Crippen molar-refractivity contribution in [1.29, 1.82) is 0 Å². The maximum atomic E-state index is 3.74. The fourth-order valence-electron chi connectivity index (χ4n) is 0.272. The van der Waals surface area contributed by atoms with Gasteiger partial charge in [-0.3, -0.25) is 0 Å². The average molecular weight is 209 g/mol. The van der Waals surface area contributed by atoms with E-state index in [9.17, 15) is 0 Å². The SMILES string of the molecule is CC.Cc1nnc(Br)s1. The molecule has 1 heterocycles. The smallest absolute Gasteiger partial charge is 0.143 e. The molecule has 0 unspecified atom stereocenters. The first kappa shape index (κ1) is 9.04. The van der Waals surface area contributed by atoms with Crippen LogP contribution in [0.25, 0.3) is 0 Å². The van der Waals surface area contributed by atoms with Crippen molar-refractivity contribution in [2.24, 2.45) is 0 Å². The third kappa shape index (κ3) is 3.59. The van der Waals surface area contributed by atoms with Gasteiger partial charge in [-0.05, 0) is 22.9 Å². The molecule has 1 aromatic heterocycles. The van der Waals surface area contributed by atoms with Gasteiger partial charge in [0.15, 0.2) is 3.92 Å². The Bertz CT molecular complexity index is 147. The van der Waals surface area contributed by atoms with Gasteiger partial charge in [-0.25, -0.2) is 0 Å². The van der Waals surface area contributed by atoms with Crippen molar-refractivity contribution >= 4 is 27.3 Å². The van der Waals surface area contributed by atoms with E-state index in [1.54, 1.807) is 0 Å². The Hall–Kier alpha value is 0.0400. The van der Waals surface area contributed by atoms with Crippen LogP contribution in [0.4, 0.5) is 0 Å². The molecule has 2 nitrogen and oxygen atoms in total. The molecule has 0 aliphatic heterocycles. The van der Waals surface area contributed by atoms with Gasteiger partial charge in [-0.1, -0.05) is 25.2 Å². The van der Waals surface area contributed by atoms with E-state index in [1.807, 2.05) is 20.8 Å². The maximum Gasteiger partial charge on any atom is 0.183 e. The summed E-state index contributed by atoms with van der Waals surface area (Å²) in [6, 6.07) is 0. The van der Waals surface area contributed by atoms with E-state index < -0.39 is 0 Å². The van der Waals surface area contributed by atoms with Gasteiger partial charge in [0.25, 0.3) is 0 Å². The van der Waals surface area contributed by atoms with Gasteiger partial charge in [0, 0.05) is 0 Å². The van der Waals surface area contributed by atoms with E-state index in [-0.39, 0.29) is 0 Å². The molecular weight excluding hydrogens is 200 g/mol. The summed E-state index contributed by atoms with van der Waals surface area (Å²) in [5.74, 6) is 0. The molecule has 0 aromatic carbocycles. The highest BCUT2D eigenvalue weighted by Gasteiger charge is 1.90. The van der Waals surface area contributed by atoms with Crippen molar-refractivity contribution in [1.82, 2.24) is 10.2 Å². The molecule has 0 bridgehead atoms. The van der Waals surface area contributed by atoms with Crippen LogP contribution in [0.3, 0.4) is 0 Å². The number of aromatic nitrogens is 2. The molecule has 0 fully saturated rings. The molecular formula is C5H9BrN2S. The van der Waals surface area contributed by atoms with E-state index in [2.05, 4.69) is 26.1 Å². The molecule has 1 aromatic rings. The Labute approximate surface area is 67.4 Å². The van der Waals surface area contributed by atoms with Crippen LogP contribution in [0, 0.1) is 6.92 Å². The van der Waals surface area contributed by atoms with Crippen LogP contribution in [0.2, 0.25) is 0 Å². The lowest BCUT2D eigenvalue weighted by molar-refractivity contribution is 1.03. The molecule has 52 valence electrons. The lowest BCUT2D eigenvalue weighted by Crippen LogP contribution is -1.65. The normalized spacial score (nSPS) is 8.00. The van der Waals surface area contributed by atoms with Crippen LogP contribution >= 0.6 is 27.3 Å². The van der Waals surface area contributed by atoms with Crippen molar-refractivity contribution < 1.29 is 0 Å². The highest BCUT2D eigenvalue weighted by molar-refractivity contribution is 9.11. The number of nitrogens with zero attached hydrogens (tertiary/aromatic N) is 2. The minimum absolute atomic E-state index is 0.852. The van der Waals surface area contributed by atoms with E-state index >= 15 is 0 Å². The largest absolute Gasteiger partial charge is 0.183 e. The molecule has 4 heteroatoms. The third-order valence-corrected chi connectivity index (χ3v) is 1.77. The second-order valence-corrected chi connectivity index (χ2v) is 3.53. The Morgan fingerprint density at radius 2 is 1.89 bits per heavy atom. The van der Waals surface area contributed by atoms with Gasteiger partial charge in [0.2, 0.25) is 0 Å². The van der Waals surface area contributed by atoms with Gasteiger partial charge in [0.1, 0.15) is 5.01 Å². The van der Waals surface area contributed by atoms with Gasteiger partial charge < -0.3 is 0 Å². The van der Waals surface area contributed by atoms with Crippen LogP contribution in [-0.4, -0.2) is 10.2 Å². The molecule has 0 aliphatic rings. The molecule has 0 amide bonds. The number of hydrogen-bond donors (Lipinski definition) is 0. The van der Waals surface area contributed by atoms with E-state index in [0.717, 1.165) is 8.92 Å². The summed E-state index contributed by atoms with van der Waals surface area (Å²) in [5.41, 5.74) is 0. The average Bonchev–Trinajstić information content (AvgIpc) is 2.20. The fraction of sp³-hybridized carbons (Fsp3) is 0.600. The van der Waals surface area contributed by atoms with Crippen LogP contribution in [0.5, 0.6) is 0 Å². The molecule has 0 atom stereocenters. The van der Waals surface area contributed by atoms with Crippen molar-refractivity contribution in [2.75, 3.05) is 0 Å². The summed E-state index contributed by atoms with van der Waals surface area (Å²) in [5, 5.41) is 8.43. The lowest BCUT2D eigenvalue weighted by atomic mass is 10.9. The van der Waals surface area contributed by atoms with Crippen molar-refractivity contribution in [3.05, 3.63) is 8.92 Å². The van der Waals surface area contributed by atoms with Crippen molar-refractivity contribution in [2.45, 2.75) is 20.8 Å². The topological polar surface area (TPSA) is 25.8 Å². The Morgan fingerprint density at radius 3 is 2.00 bits per heavy atom. The maximum absolute atomic E-state index is 3.74. The standard InChI is InChI=1S/C3H3BrN2S.C2H6/c1-2-5-6-3(4)7-2;1-2/h1H3;1-2H3. The molecule has 0 saturated carbocycles. The highest BCUT2D eigenvalue weighted by atomic mass is 79.9. The minimum atomic E-state index is 0.852. The summed E-state index contributed by atoms with van der Waals surface area (Å²) >= 11 is 4.71. The van der Waals surface area contributed by atoms with Gasteiger partial charge >= 0.3 is 0 Å². The Morgan fingerprint density at radius 1 is 1.33 bits per heavy atom.